The number of carbonyl (C=O) groups excluding carboxylic acids is 1. The molecule has 0 spiro atoms. The molecule has 1 amide bonds. The van der Waals surface area contributed by atoms with Crippen LogP contribution >= 0.6 is 0 Å². The molecule has 0 radical (unpaired) electrons. The number of aliphatic hydroxyl groups is 1. The Morgan fingerprint density at radius 1 is 1.12 bits per heavy atom. The van der Waals surface area contributed by atoms with Gasteiger partial charge in [-0.05, 0) is 68.5 Å². The molecule has 0 saturated carbocycles. The van der Waals surface area contributed by atoms with Crippen LogP contribution in [0.15, 0.2) is 42.7 Å². The van der Waals surface area contributed by atoms with Crippen molar-refractivity contribution in [3.63, 3.8) is 0 Å². The number of ether oxygens (including phenoxy) is 1. The van der Waals surface area contributed by atoms with Crippen LogP contribution in [0.25, 0.3) is 22.0 Å². The van der Waals surface area contributed by atoms with Gasteiger partial charge in [-0.3, -0.25) is 4.98 Å². The number of hydrogen-bond donors (Lipinski definition) is 2. The first-order valence-corrected chi connectivity index (χ1v) is 11.3. The molecule has 2 heterocycles. The van der Waals surface area contributed by atoms with Crippen LogP contribution in [0.4, 0.5) is 16.6 Å². The van der Waals surface area contributed by atoms with E-state index in [2.05, 4.69) is 29.1 Å². The first kappa shape index (κ1) is 24.4. The lowest BCUT2D eigenvalue weighted by Gasteiger charge is -2.27. The molecule has 0 saturated heterocycles. The maximum absolute atomic E-state index is 13.0. The van der Waals surface area contributed by atoms with E-state index in [9.17, 15) is 9.90 Å². The summed E-state index contributed by atoms with van der Waals surface area (Å²) in [5.74, 6) is 1.22. The minimum Gasteiger partial charge on any atom is -0.443 e. The summed E-state index contributed by atoms with van der Waals surface area (Å²) in [6, 6.07) is 9.77. The number of nitrogens with one attached hydrogen (secondary N) is 1. The Morgan fingerprint density at radius 3 is 2.48 bits per heavy atom. The number of benzene rings is 1. The number of fused-ring (bicyclic) bond motifs is 1. The van der Waals surface area contributed by atoms with E-state index in [1.54, 1.807) is 12.4 Å². The highest BCUT2D eigenvalue weighted by Gasteiger charge is 2.26. The maximum atomic E-state index is 13.0. The molecule has 33 heavy (non-hydrogen) atoms. The highest BCUT2D eigenvalue weighted by Crippen LogP contribution is 2.29. The second-order valence-electron chi connectivity index (χ2n) is 9.30. The number of aromatic nitrogens is 3. The third-order valence-electron chi connectivity index (χ3n) is 4.89. The summed E-state index contributed by atoms with van der Waals surface area (Å²) < 4.78 is 5.64. The number of amides is 1. The van der Waals surface area contributed by atoms with Crippen molar-refractivity contribution in [2.75, 3.05) is 29.9 Å². The molecule has 0 fully saturated rings. The summed E-state index contributed by atoms with van der Waals surface area (Å²) in [6.45, 7) is 10.4. The van der Waals surface area contributed by atoms with Gasteiger partial charge < -0.3 is 15.2 Å². The molecule has 0 unspecified atom stereocenters. The van der Waals surface area contributed by atoms with Gasteiger partial charge in [-0.1, -0.05) is 19.9 Å². The molecule has 3 aromatic rings. The minimum absolute atomic E-state index is 0.0476. The van der Waals surface area contributed by atoms with Crippen LogP contribution in [0.5, 0.6) is 0 Å². The second kappa shape index (κ2) is 10.6. The van der Waals surface area contributed by atoms with E-state index in [-0.39, 0.29) is 12.6 Å². The van der Waals surface area contributed by atoms with Crippen LogP contribution in [0, 0.1) is 5.92 Å². The van der Waals surface area contributed by atoms with Crippen molar-refractivity contribution < 1.29 is 14.6 Å². The summed E-state index contributed by atoms with van der Waals surface area (Å²) in [4.78, 5) is 28.0. The van der Waals surface area contributed by atoms with Crippen molar-refractivity contribution in [1.82, 2.24) is 15.0 Å². The summed E-state index contributed by atoms with van der Waals surface area (Å²) >= 11 is 0. The van der Waals surface area contributed by atoms with E-state index in [4.69, 9.17) is 9.72 Å². The summed E-state index contributed by atoms with van der Waals surface area (Å²) in [6.07, 6.45) is 3.79. The van der Waals surface area contributed by atoms with Crippen molar-refractivity contribution in [3.8, 4) is 11.1 Å². The predicted octanol–water partition coefficient (Wildman–Crippen LogP) is 4.88. The van der Waals surface area contributed by atoms with E-state index in [1.165, 1.54) is 4.90 Å². The molecule has 8 heteroatoms. The van der Waals surface area contributed by atoms with Crippen molar-refractivity contribution in [2.24, 2.45) is 5.92 Å². The average molecular weight is 452 g/mol. The van der Waals surface area contributed by atoms with Gasteiger partial charge in [0.1, 0.15) is 11.4 Å². The number of hydrogen-bond acceptors (Lipinski definition) is 7. The maximum Gasteiger partial charge on any atom is 0.417 e. The second-order valence-corrected chi connectivity index (χ2v) is 9.30. The van der Waals surface area contributed by atoms with Gasteiger partial charge in [0.2, 0.25) is 5.95 Å². The monoisotopic (exact) mass is 451 g/mol. The number of pyridine rings is 1. The molecule has 0 aliphatic carbocycles. The first-order chi connectivity index (χ1) is 15.7. The lowest BCUT2D eigenvalue weighted by molar-refractivity contribution is 0.0576. The Labute approximate surface area is 195 Å². The van der Waals surface area contributed by atoms with Gasteiger partial charge >= 0.3 is 6.09 Å². The Hall–Kier alpha value is -3.26. The molecular formula is C25H33N5O3. The van der Waals surface area contributed by atoms with Gasteiger partial charge in [-0.15, -0.1) is 0 Å². The van der Waals surface area contributed by atoms with Crippen LogP contribution in [0.2, 0.25) is 0 Å². The summed E-state index contributed by atoms with van der Waals surface area (Å²) in [7, 11) is 0. The molecule has 3 rings (SSSR count). The molecule has 2 aromatic heterocycles. The standard InChI is InChI=1S/C25H33N5O3/c1-17(2)10-14-30(24(32)33-25(3,4)5)23-28-21-7-6-19(18-8-11-26-12-9-18)16-20(21)22(29-23)27-13-15-31/h6-9,11-12,16-17,31H,10,13-15H2,1-5H3,(H,27,28,29). The van der Waals surface area contributed by atoms with Gasteiger partial charge in [-0.2, -0.15) is 4.98 Å². The zero-order valence-corrected chi connectivity index (χ0v) is 20.0. The van der Waals surface area contributed by atoms with Gasteiger partial charge in [0.25, 0.3) is 0 Å². The van der Waals surface area contributed by atoms with Crippen LogP contribution in [0.1, 0.15) is 41.0 Å². The average Bonchev–Trinajstić information content (AvgIpc) is 2.76. The van der Waals surface area contributed by atoms with E-state index < -0.39 is 11.7 Å². The zero-order valence-electron chi connectivity index (χ0n) is 20.0. The molecular weight excluding hydrogens is 418 g/mol. The van der Waals surface area contributed by atoms with Gasteiger partial charge in [0.05, 0.1) is 12.1 Å². The van der Waals surface area contributed by atoms with Gasteiger partial charge in [-0.25, -0.2) is 14.7 Å². The fourth-order valence-electron chi connectivity index (χ4n) is 3.25. The van der Waals surface area contributed by atoms with Gasteiger partial charge in [0.15, 0.2) is 0 Å². The molecule has 1 aromatic carbocycles. The SMILES string of the molecule is CC(C)CCN(C(=O)OC(C)(C)C)c1nc(NCCO)c2cc(-c3ccncc3)ccc2n1. The van der Waals surface area contributed by atoms with Crippen molar-refractivity contribution in [2.45, 2.75) is 46.6 Å². The number of rotatable bonds is 8. The van der Waals surface area contributed by atoms with E-state index >= 15 is 0 Å². The highest BCUT2D eigenvalue weighted by atomic mass is 16.6. The number of nitrogens with zero attached hydrogens (tertiary/aromatic N) is 4. The Kier molecular flexibility index (Phi) is 7.81. The quantitative estimate of drug-likeness (QED) is 0.503. The molecule has 2 N–H and O–H groups in total. The number of anilines is 2. The van der Waals surface area contributed by atoms with Crippen molar-refractivity contribution in [3.05, 3.63) is 42.7 Å². The molecule has 0 aliphatic rings. The van der Waals surface area contributed by atoms with Crippen molar-refractivity contribution in [1.29, 1.82) is 0 Å². The lowest BCUT2D eigenvalue weighted by Crippen LogP contribution is -2.39. The molecule has 176 valence electrons. The molecule has 8 nitrogen and oxygen atoms in total. The topological polar surface area (TPSA) is 100 Å². The third-order valence-corrected chi connectivity index (χ3v) is 4.89. The highest BCUT2D eigenvalue weighted by molar-refractivity contribution is 5.95. The number of aliphatic hydroxyl groups excluding tert-OH is 1. The van der Waals surface area contributed by atoms with Crippen molar-refractivity contribution >= 4 is 28.8 Å². The zero-order chi connectivity index (χ0) is 24.0. The molecule has 0 aliphatic heterocycles. The smallest absolute Gasteiger partial charge is 0.417 e. The predicted molar refractivity (Wildman–Crippen MR) is 131 cm³/mol. The first-order valence-electron chi connectivity index (χ1n) is 11.3. The fourth-order valence-corrected chi connectivity index (χ4v) is 3.25. The molecule has 0 bridgehead atoms. The van der Waals surface area contributed by atoms with Crippen LogP contribution in [0.3, 0.4) is 0 Å². The largest absolute Gasteiger partial charge is 0.443 e. The Balaban J connectivity index is 2.08. The molecule has 0 atom stereocenters. The number of carbonyl (C=O) groups is 1. The third kappa shape index (κ3) is 6.61. The van der Waals surface area contributed by atoms with Gasteiger partial charge in [0, 0.05) is 30.9 Å². The van der Waals surface area contributed by atoms with E-state index in [1.807, 2.05) is 51.1 Å². The Bertz CT molecular complexity index is 1080. The fraction of sp³-hybridized carbons (Fsp3) is 0.440. The van der Waals surface area contributed by atoms with Crippen LogP contribution in [-0.2, 0) is 4.74 Å². The summed E-state index contributed by atoms with van der Waals surface area (Å²) in [5, 5.41) is 13.3. The van der Waals surface area contributed by atoms with E-state index in [0.29, 0.717) is 30.3 Å². The normalized spacial score (nSPS) is 11.6. The Morgan fingerprint density at radius 2 is 1.85 bits per heavy atom. The van der Waals surface area contributed by atoms with E-state index in [0.717, 1.165) is 22.9 Å². The minimum atomic E-state index is -0.637. The summed E-state index contributed by atoms with van der Waals surface area (Å²) in [5.41, 5.74) is 2.08. The van der Waals surface area contributed by atoms with Crippen LogP contribution in [-0.4, -0.2) is 51.4 Å². The lowest BCUT2D eigenvalue weighted by atomic mass is 10.0. The van der Waals surface area contributed by atoms with Crippen LogP contribution < -0.4 is 10.2 Å².